The van der Waals surface area contributed by atoms with Crippen LogP contribution in [0.2, 0.25) is 0 Å². The molecule has 9 heteroatoms. The first kappa shape index (κ1) is 19.6. The zero-order valence-electron chi connectivity index (χ0n) is 13.3. The van der Waals surface area contributed by atoms with Crippen LogP contribution in [0.1, 0.15) is 24.2 Å². The molecule has 1 amide bonds. The third-order valence-corrected chi connectivity index (χ3v) is 5.74. The van der Waals surface area contributed by atoms with Crippen molar-refractivity contribution < 1.29 is 22.7 Å². The molecule has 0 radical (unpaired) electrons. The average molecular weight is 407 g/mol. The maximum absolute atomic E-state index is 12.2. The predicted molar refractivity (Wildman–Crippen MR) is 88.6 cm³/mol. The third kappa shape index (κ3) is 4.76. The number of hydrogen-bond donors (Lipinski definition) is 1. The lowest BCUT2D eigenvalue weighted by Gasteiger charge is -2.15. The quantitative estimate of drug-likeness (QED) is 0.720. The van der Waals surface area contributed by atoms with Gasteiger partial charge in [-0.05, 0) is 48.0 Å². The van der Waals surface area contributed by atoms with Crippen LogP contribution in [0.25, 0.3) is 0 Å². The summed E-state index contributed by atoms with van der Waals surface area (Å²) in [5.41, 5.74) is 0.0461. The van der Waals surface area contributed by atoms with Gasteiger partial charge in [-0.2, -0.15) is 0 Å². The molecule has 0 saturated heterocycles. The Labute approximate surface area is 144 Å². The summed E-state index contributed by atoms with van der Waals surface area (Å²) < 4.78 is 30.9. The highest BCUT2D eigenvalue weighted by molar-refractivity contribution is 9.10. The molecular weight excluding hydrogens is 388 g/mol. The fourth-order valence-electron chi connectivity index (χ4n) is 1.62. The van der Waals surface area contributed by atoms with Crippen LogP contribution in [0.15, 0.2) is 27.6 Å². The molecule has 7 nitrogen and oxygen atoms in total. The Morgan fingerprint density at radius 3 is 2.48 bits per heavy atom. The summed E-state index contributed by atoms with van der Waals surface area (Å²) in [5, 5.41) is 2.54. The molecule has 0 fully saturated rings. The van der Waals surface area contributed by atoms with Crippen molar-refractivity contribution in [2.75, 3.05) is 20.6 Å². The lowest BCUT2D eigenvalue weighted by Crippen LogP contribution is -2.35. The van der Waals surface area contributed by atoms with Crippen molar-refractivity contribution >= 4 is 37.8 Å². The Bertz CT molecular complexity index is 703. The van der Waals surface area contributed by atoms with Gasteiger partial charge in [0.15, 0.2) is 6.10 Å². The molecule has 1 N–H and O–H groups in total. The molecule has 0 aliphatic carbocycles. The van der Waals surface area contributed by atoms with Crippen LogP contribution in [0.5, 0.6) is 0 Å². The topological polar surface area (TPSA) is 92.8 Å². The lowest BCUT2D eigenvalue weighted by molar-refractivity contribution is -0.128. The van der Waals surface area contributed by atoms with E-state index in [0.717, 1.165) is 4.31 Å². The molecule has 1 aromatic rings. The number of carbonyl (C=O) groups is 2. The number of amides is 1. The maximum atomic E-state index is 12.2. The van der Waals surface area contributed by atoms with Gasteiger partial charge in [0, 0.05) is 25.1 Å². The largest absolute Gasteiger partial charge is 0.449 e. The van der Waals surface area contributed by atoms with Gasteiger partial charge in [-0.3, -0.25) is 4.79 Å². The van der Waals surface area contributed by atoms with Gasteiger partial charge in [0.05, 0.1) is 10.5 Å². The minimum Gasteiger partial charge on any atom is -0.449 e. The lowest BCUT2D eigenvalue weighted by atomic mass is 10.2. The number of rotatable bonds is 6. The predicted octanol–water partition coefficient (Wildman–Crippen LogP) is 1.38. The smallest absolute Gasteiger partial charge is 0.338 e. The molecule has 0 aliphatic rings. The summed E-state index contributed by atoms with van der Waals surface area (Å²) in [6.45, 7) is 3.61. The van der Waals surface area contributed by atoms with Crippen LogP contribution in [-0.2, 0) is 19.6 Å². The summed E-state index contributed by atoms with van der Waals surface area (Å²) in [4.78, 5) is 23.6. The van der Waals surface area contributed by atoms with E-state index in [2.05, 4.69) is 21.2 Å². The van der Waals surface area contributed by atoms with E-state index < -0.39 is 28.0 Å². The zero-order chi connectivity index (χ0) is 17.8. The minimum absolute atomic E-state index is 0.0461. The number of nitrogens with zero attached hydrogens (tertiary/aromatic N) is 1. The van der Waals surface area contributed by atoms with E-state index in [1.807, 2.05) is 0 Å². The Kier molecular flexibility index (Phi) is 6.72. The highest BCUT2D eigenvalue weighted by atomic mass is 79.9. The molecule has 0 bridgehead atoms. The molecular formula is C14H19BrN2O5S. The van der Waals surface area contributed by atoms with E-state index in [1.165, 1.54) is 39.2 Å². The Balaban J connectivity index is 3.07. The highest BCUT2D eigenvalue weighted by Gasteiger charge is 2.24. The molecule has 0 aliphatic heterocycles. The van der Waals surface area contributed by atoms with Crippen LogP contribution in [-0.4, -0.2) is 51.3 Å². The van der Waals surface area contributed by atoms with E-state index in [-0.39, 0.29) is 10.5 Å². The van der Waals surface area contributed by atoms with Crippen molar-refractivity contribution in [1.29, 1.82) is 0 Å². The number of sulfonamides is 1. The molecule has 0 spiro atoms. The second-order valence-electron chi connectivity index (χ2n) is 4.87. The second-order valence-corrected chi connectivity index (χ2v) is 7.85. The SMILES string of the molecule is CCNC(=O)[C@@H](C)OC(=O)c1ccc(Br)c(S(=O)(=O)N(C)C)c1. The van der Waals surface area contributed by atoms with Crippen LogP contribution >= 0.6 is 15.9 Å². The number of hydrogen-bond acceptors (Lipinski definition) is 5. The Hall–Kier alpha value is -1.45. The van der Waals surface area contributed by atoms with E-state index >= 15 is 0 Å². The maximum Gasteiger partial charge on any atom is 0.338 e. The van der Waals surface area contributed by atoms with Crippen LogP contribution < -0.4 is 5.32 Å². The van der Waals surface area contributed by atoms with Gasteiger partial charge in [0.1, 0.15) is 0 Å². The van der Waals surface area contributed by atoms with Gasteiger partial charge in [-0.1, -0.05) is 0 Å². The third-order valence-electron chi connectivity index (χ3n) is 2.93. The Morgan fingerprint density at radius 1 is 1.35 bits per heavy atom. The molecule has 1 atom stereocenters. The highest BCUT2D eigenvalue weighted by Crippen LogP contribution is 2.25. The molecule has 0 aromatic heterocycles. The number of likely N-dealkylation sites (N-methyl/N-ethyl adjacent to an activating group) is 1. The van der Waals surface area contributed by atoms with Crippen LogP contribution in [0, 0.1) is 0 Å². The van der Waals surface area contributed by atoms with E-state index in [0.29, 0.717) is 11.0 Å². The van der Waals surface area contributed by atoms with Crippen molar-refractivity contribution in [1.82, 2.24) is 9.62 Å². The minimum atomic E-state index is -3.72. The summed E-state index contributed by atoms with van der Waals surface area (Å²) >= 11 is 3.16. The van der Waals surface area contributed by atoms with Crippen molar-refractivity contribution in [2.45, 2.75) is 24.8 Å². The van der Waals surface area contributed by atoms with Gasteiger partial charge >= 0.3 is 5.97 Å². The number of benzene rings is 1. The first-order chi connectivity index (χ1) is 10.6. The number of ether oxygens (including phenoxy) is 1. The first-order valence-corrected chi connectivity index (χ1v) is 9.05. The summed E-state index contributed by atoms with van der Waals surface area (Å²) in [7, 11) is -0.932. The monoisotopic (exact) mass is 406 g/mol. The molecule has 23 heavy (non-hydrogen) atoms. The summed E-state index contributed by atoms with van der Waals surface area (Å²) in [5.74, 6) is -1.19. The van der Waals surface area contributed by atoms with Gasteiger partial charge < -0.3 is 10.1 Å². The van der Waals surface area contributed by atoms with Crippen molar-refractivity contribution in [3.05, 3.63) is 28.2 Å². The molecule has 1 rings (SSSR count). The molecule has 1 aromatic carbocycles. The molecule has 0 unspecified atom stereocenters. The first-order valence-electron chi connectivity index (χ1n) is 6.82. The number of halogens is 1. The zero-order valence-corrected chi connectivity index (χ0v) is 15.7. The van der Waals surface area contributed by atoms with E-state index in [9.17, 15) is 18.0 Å². The number of esters is 1. The van der Waals surface area contributed by atoms with Gasteiger partial charge in [0.25, 0.3) is 5.91 Å². The Morgan fingerprint density at radius 2 is 1.96 bits per heavy atom. The van der Waals surface area contributed by atoms with Crippen LogP contribution in [0.4, 0.5) is 0 Å². The van der Waals surface area contributed by atoms with Gasteiger partial charge in [-0.25, -0.2) is 17.5 Å². The molecule has 0 saturated carbocycles. The van der Waals surface area contributed by atoms with Crippen LogP contribution in [0.3, 0.4) is 0 Å². The molecule has 128 valence electrons. The molecule has 0 heterocycles. The number of nitrogens with one attached hydrogen (secondary N) is 1. The normalized spacial score (nSPS) is 12.8. The van der Waals surface area contributed by atoms with Gasteiger partial charge in [-0.15, -0.1) is 0 Å². The fourth-order valence-corrected chi connectivity index (χ4v) is 3.47. The van der Waals surface area contributed by atoms with Crippen molar-refractivity contribution in [2.24, 2.45) is 0 Å². The van der Waals surface area contributed by atoms with Crippen molar-refractivity contribution in [3.63, 3.8) is 0 Å². The van der Waals surface area contributed by atoms with Gasteiger partial charge in [0.2, 0.25) is 10.0 Å². The van der Waals surface area contributed by atoms with Crippen molar-refractivity contribution in [3.8, 4) is 0 Å². The second kappa shape index (κ2) is 7.89. The number of carbonyl (C=O) groups excluding carboxylic acids is 2. The summed E-state index contributed by atoms with van der Waals surface area (Å²) in [6, 6.07) is 4.08. The van der Waals surface area contributed by atoms with E-state index in [4.69, 9.17) is 4.74 Å². The average Bonchev–Trinajstić information content (AvgIpc) is 2.47. The standard InChI is InChI=1S/C14H19BrN2O5S/c1-5-16-13(18)9(2)22-14(19)10-6-7-11(15)12(8-10)23(20,21)17(3)4/h6-9H,5H2,1-4H3,(H,16,18)/t9-/m1/s1. The fraction of sp³-hybridized carbons (Fsp3) is 0.429. The summed E-state index contributed by atoms with van der Waals surface area (Å²) in [6.07, 6.45) is -0.972. The van der Waals surface area contributed by atoms with E-state index in [1.54, 1.807) is 6.92 Å².